The van der Waals surface area contributed by atoms with Gasteiger partial charge < -0.3 is 9.15 Å². The van der Waals surface area contributed by atoms with E-state index in [2.05, 4.69) is 19.8 Å². The molecule has 0 aliphatic rings. The average molecular weight is 413 g/mol. The van der Waals surface area contributed by atoms with E-state index in [-0.39, 0.29) is 6.61 Å². The number of carbonyl (C=O) groups is 1. The Balaban J connectivity index is 1.45. The fourth-order valence-corrected chi connectivity index (χ4v) is 3.00. The van der Waals surface area contributed by atoms with Crippen LogP contribution in [0.15, 0.2) is 52.9 Å². The quantitative estimate of drug-likeness (QED) is 0.443. The molecule has 0 unspecified atom stereocenters. The average Bonchev–Trinajstić information content (AvgIpc) is 3.36. The van der Waals surface area contributed by atoms with E-state index in [1.807, 2.05) is 31.2 Å². The topological polar surface area (TPSA) is 91.0 Å². The predicted molar refractivity (Wildman–Crippen MR) is 104 cm³/mol. The lowest BCUT2D eigenvalue weighted by molar-refractivity contribution is 0.0468. The van der Waals surface area contributed by atoms with Crippen molar-refractivity contribution in [3.8, 4) is 22.9 Å². The zero-order chi connectivity index (χ0) is 19.5. The number of rotatable bonds is 5. The molecule has 2 heterocycles. The summed E-state index contributed by atoms with van der Waals surface area (Å²) in [5.41, 5.74) is 3.53. The van der Waals surface area contributed by atoms with Crippen molar-refractivity contribution in [2.24, 2.45) is 0 Å². The van der Waals surface area contributed by atoms with E-state index in [0.717, 1.165) is 22.7 Å². The number of halogens is 1. The summed E-state index contributed by atoms with van der Waals surface area (Å²) in [6, 6.07) is 14.5. The van der Waals surface area contributed by atoms with Gasteiger partial charge in [-0.3, -0.25) is 0 Å². The van der Waals surface area contributed by atoms with Gasteiger partial charge in [0.2, 0.25) is 11.8 Å². The van der Waals surface area contributed by atoms with Crippen LogP contribution in [0.1, 0.15) is 21.6 Å². The van der Waals surface area contributed by atoms with Crippen LogP contribution in [-0.4, -0.2) is 25.8 Å². The van der Waals surface area contributed by atoms with Crippen molar-refractivity contribution in [2.75, 3.05) is 0 Å². The second kappa shape index (κ2) is 7.87. The largest absolute Gasteiger partial charge is 0.455 e. The van der Waals surface area contributed by atoms with Crippen molar-refractivity contribution in [2.45, 2.75) is 13.5 Å². The number of aromatic nitrogens is 4. The third-order valence-electron chi connectivity index (χ3n) is 3.94. The minimum atomic E-state index is -0.485. The molecule has 4 rings (SSSR count). The van der Waals surface area contributed by atoms with E-state index < -0.39 is 5.97 Å². The van der Waals surface area contributed by atoms with Crippen LogP contribution in [0.3, 0.4) is 0 Å². The summed E-state index contributed by atoms with van der Waals surface area (Å²) in [4.78, 5) is 12.2. The smallest absolute Gasteiger partial charge is 0.338 e. The second-order valence-electron chi connectivity index (χ2n) is 5.93. The summed E-state index contributed by atoms with van der Waals surface area (Å²) in [7, 11) is 0. The number of ether oxygens (including phenoxy) is 1. The third kappa shape index (κ3) is 3.92. The zero-order valence-electron chi connectivity index (χ0n) is 14.6. The van der Waals surface area contributed by atoms with E-state index in [9.17, 15) is 4.79 Å². The summed E-state index contributed by atoms with van der Waals surface area (Å²) in [6.07, 6.45) is 0. The maximum atomic E-state index is 12.2. The first-order valence-corrected chi connectivity index (χ1v) is 9.40. The summed E-state index contributed by atoms with van der Waals surface area (Å²) in [5.74, 6) is 0.324. The first-order chi connectivity index (χ1) is 13.6. The molecule has 0 spiro atoms. The van der Waals surface area contributed by atoms with Crippen molar-refractivity contribution < 1.29 is 13.9 Å². The molecular formula is C19H13ClN4O3S. The van der Waals surface area contributed by atoms with Crippen molar-refractivity contribution in [1.82, 2.24) is 19.8 Å². The summed E-state index contributed by atoms with van der Waals surface area (Å²) >= 11 is 6.93. The van der Waals surface area contributed by atoms with Crippen LogP contribution in [-0.2, 0) is 11.3 Å². The Morgan fingerprint density at radius 3 is 2.18 bits per heavy atom. The SMILES string of the molecule is Cc1ccc(-c2nnc(-c3ccc(C(=O)OCc4nnsc4Cl)cc3)o2)cc1. The van der Waals surface area contributed by atoms with Gasteiger partial charge in [0.05, 0.1) is 5.56 Å². The number of hydrogen-bond acceptors (Lipinski definition) is 8. The van der Waals surface area contributed by atoms with Crippen molar-refractivity contribution in [1.29, 1.82) is 0 Å². The molecule has 28 heavy (non-hydrogen) atoms. The van der Waals surface area contributed by atoms with Crippen LogP contribution in [0.4, 0.5) is 0 Å². The van der Waals surface area contributed by atoms with Crippen LogP contribution in [0, 0.1) is 6.92 Å². The van der Waals surface area contributed by atoms with E-state index in [1.165, 1.54) is 0 Å². The van der Waals surface area contributed by atoms with Gasteiger partial charge in [0.25, 0.3) is 0 Å². The molecule has 140 valence electrons. The number of hydrogen-bond donors (Lipinski definition) is 0. The Morgan fingerprint density at radius 1 is 1.00 bits per heavy atom. The van der Waals surface area contributed by atoms with Gasteiger partial charge in [-0.25, -0.2) is 4.79 Å². The Hall–Kier alpha value is -3.10. The van der Waals surface area contributed by atoms with Gasteiger partial charge in [0.15, 0.2) is 0 Å². The summed E-state index contributed by atoms with van der Waals surface area (Å²) in [6.45, 7) is 1.98. The molecule has 0 N–H and O–H groups in total. The highest BCUT2D eigenvalue weighted by Gasteiger charge is 2.14. The molecule has 2 aromatic carbocycles. The lowest BCUT2D eigenvalue weighted by Gasteiger charge is -2.03. The molecule has 9 heteroatoms. The lowest BCUT2D eigenvalue weighted by atomic mass is 10.1. The minimum Gasteiger partial charge on any atom is -0.455 e. The summed E-state index contributed by atoms with van der Waals surface area (Å²) in [5, 5.41) is 12.0. The van der Waals surface area contributed by atoms with Crippen LogP contribution in [0.2, 0.25) is 4.34 Å². The van der Waals surface area contributed by atoms with Gasteiger partial charge in [-0.05, 0) is 43.3 Å². The first-order valence-electron chi connectivity index (χ1n) is 8.25. The number of nitrogens with zero attached hydrogens (tertiary/aromatic N) is 4. The number of carbonyl (C=O) groups excluding carboxylic acids is 1. The maximum absolute atomic E-state index is 12.2. The van der Waals surface area contributed by atoms with Gasteiger partial charge >= 0.3 is 5.97 Å². The molecule has 0 saturated heterocycles. The minimum absolute atomic E-state index is 0.0283. The Morgan fingerprint density at radius 2 is 1.61 bits per heavy atom. The molecule has 0 bridgehead atoms. The fraction of sp³-hybridized carbons (Fsp3) is 0.105. The van der Waals surface area contributed by atoms with Gasteiger partial charge in [0.1, 0.15) is 16.6 Å². The molecule has 4 aromatic rings. The number of benzene rings is 2. The number of esters is 1. The highest BCUT2D eigenvalue weighted by molar-refractivity contribution is 7.10. The third-order valence-corrected chi connectivity index (χ3v) is 4.92. The molecule has 0 aliphatic carbocycles. The van der Waals surface area contributed by atoms with Crippen LogP contribution in [0.25, 0.3) is 22.9 Å². The molecule has 0 radical (unpaired) electrons. The number of aryl methyl sites for hydroxylation is 1. The van der Waals surface area contributed by atoms with Crippen LogP contribution >= 0.6 is 23.1 Å². The van der Waals surface area contributed by atoms with E-state index in [0.29, 0.717) is 32.9 Å². The van der Waals surface area contributed by atoms with Crippen LogP contribution in [0.5, 0.6) is 0 Å². The van der Waals surface area contributed by atoms with Gasteiger partial charge in [-0.15, -0.1) is 15.3 Å². The van der Waals surface area contributed by atoms with Crippen molar-refractivity contribution in [3.05, 3.63) is 69.7 Å². The fourth-order valence-electron chi connectivity index (χ4n) is 2.40. The predicted octanol–water partition coefficient (Wildman–Crippen LogP) is 4.57. The van der Waals surface area contributed by atoms with Gasteiger partial charge in [-0.1, -0.05) is 33.8 Å². The molecule has 0 saturated carbocycles. The molecule has 0 fully saturated rings. The van der Waals surface area contributed by atoms with Crippen molar-refractivity contribution >= 4 is 29.1 Å². The van der Waals surface area contributed by atoms with E-state index in [4.69, 9.17) is 20.8 Å². The maximum Gasteiger partial charge on any atom is 0.338 e. The van der Waals surface area contributed by atoms with E-state index in [1.54, 1.807) is 24.3 Å². The standard InChI is InChI=1S/C19H13ClN4O3S/c1-11-2-4-12(5-3-11)17-22-23-18(27-17)13-6-8-14(9-7-13)19(25)26-10-15-16(20)28-24-21-15/h2-9H,10H2,1H3. The van der Waals surface area contributed by atoms with E-state index >= 15 is 0 Å². The lowest BCUT2D eigenvalue weighted by Crippen LogP contribution is -2.05. The Kier molecular flexibility index (Phi) is 5.14. The second-order valence-corrected chi connectivity index (χ2v) is 7.28. The highest BCUT2D eigenvalue weighted by atomic mass is 35.5. The summed E-state index contributed by atoms with van der Waals surface area (Å²) < 4.78 is 15.0. The normalized spacial score (nSPS) is 10.8. The first kappa shape index (κ1) is 18.3. The highest BCUT2D eigenvalue weighted by Crippen LogP contribution is 2.25. The Bertz CT molecular complexity index is 1110. The zero-order valence-corrected chi connectivity index (χ0v) is 16.2. The molecule has 2 aromatic heterocycles. The van der Waals surface area contributed by atoms with Crippen molar-refractivity contribution in [3.63, 3.8) is 0 Å². The monoisotopic (exact) mass is 412 g/mol. The van der Waals surface area contributed by atoms with Gasteiger partial charge in [0, 0.05) is 22.7 Å². The van der Waals surface area contributed by atoms with Gasteiger partial charge in [-0.2, -0.15) is 0 Å². The molecule has 0 atom stereocenters. The Labute approximate surface area is 169 Å². The molecule has 0 aliphatic heterocycles. The molecule has 7 nitrogen and oxygen atoms in total. The van der Waals surface area contributed by atoms with Crippen LogP contribution < -0.4 is 0 Å². The molecule has 0 amide bonds. The molecular weight excluding hydrogens is 400 g/mol.